The van der Waals surface area contributed by atoms with Crippen molar-refractivity contribution in [3.63, 3.8) is 0 Å². The first-order chi connectivity index (χ1) is 9.84. The van der Waals surface area contributed by atoms with E-state index in [1.165, 1.54) is 6.07 Å². The molecule has 0 radical (unpaired) electrons. The summed E-state index contributed by atoms with van der Waals surface area (Å²) < 4.78 is 23.1. The molecule has 0 saturated heterocycles. The third kappa shape index (κ3) is 4.18. The van der Waals surface area contributed by atoms with Gasteiger partial charge in [0.05, 0.1) is 11.3 Å². The minimum absolute atomic E-state index is 0.0656. The molecule has 0 spiro atoms. The standard InChI is InChI=1S/C15H24N2O3S/c1-2-12-7-9-15(18,10-8-12)11-17-13-5-3-4-6-14(13)21(16,19)20/h3-6,12,17-18H,2,7-11H2,1H3,(H2,16,19,20). The second-order valence-electron chi connectivity index (χ2n) is 5.97. The van der Waals surface area contributed by atoms with E-state index in [0.717, 1.165) is 32.1 Å². The summed E-state index contributed by atoms with van der Waals surface area (Å²) in [6, 6.07) is 6.51. The zero-order chi connectivity index (χ0) is 15.5. The fraction of sp³-hybridized carbons (Fsp3) is 0.600. The largest absolute Gasteiger partial charge is 0.388 e. The molecule has 0 bridgehead atoms. The first kappa shape index (κ1) is 16.3. The minimum Gasteiger partial charge on any atom is -0.388 e. The number of hydrogen-bond donors (Lipinski definition) is 3. The van der Waals surface area contributed by atoms with Crippen LogP contribution in [0, 0.1) is 5.92 Å². The molecular formula is C15H24N2O3S. The summed E-state index contributed by atoms with van der Waals surface area (Å²) in [7, 11) is -3.76. The SMILES string of the molecule is CCC1CCC(O)(CNc2ccccc2S(N)(=O)=O)CC1. The van der Waals surface area contributed by atoms with Gasteiger partial charge in [-0.25, -0.2) is 13.6 Å². The fourth-order valence-electron chi connectivity index (χ4n) is 2.92. The van der Waals surface area contributed by atoms with Crippen LogP contribution in [0.25, 0.3) is 0 Å². The number of nitrogens with two attached hydrogens (primary N) is 1. The molecule has 1 aromatic carbocycles. The number of nitrogens with one attached hydrogen (secondary N) is 1. The van der Waals surface area contributed by atoms with Crippen LogP contribution < -0.4 is 10.5 Å². The van der Waals surface area contributed by atoms with Crippen molar-refractivity contribution in [3.05, 3.63) is 24.3 Å². The highest BCUT2D eigenvalue weighted by Gasteiger charge is 2.32. The highest BCUT2D eigenvalue weighted by Crippen LogP contribution is 2.34. The van der Waals surface area contributed by atoms with Crippen LogP contribution in [-0.2, 0) is 10.0 Å². The van der Waals surface area contributed by atoms with E-state index in [-0.39, 0.29) is 4.90 Å². The highest BCUT2D eigenvalue weighted by molar-refractivity contribution is 7.89. The Morgan fingerprint density at radius 2 is 1.95 bits per heavy atom. The van der Waals surface area contributed by atoms with Gasteiger partial charge in [0, 0.05) is 6.54 Å². The lowest BCUT2D eigenvalue weighted by Crippen LogP contribution is -2.40. The maximum Gasteiger partial charge on any atom is 0.240 e. The average molecular weight is 312 g/mol. The van der Waals surface area contributed by atoms with Crippen LogP contribution in [0.3, 0.4) is 0 Å². The Bertz CT molecular complexity index is 578. The quantitative estimate of drug-likeness (QED) is 0.776. The number of sulfonamides is 1. The number of benzene rings is 1. The van der Waals surface area contributed by atoms with Crippen LogP contribution in [0.1, 0.15) is 39.0 Å². The van der Waals surface area contributed by atoms with Gasteiger partial charge < -0.3 is 10.4 Å². The lowest BCUT2D eigenvalue weighted by molar-refractivity contribution is 0.00225. The molecule has 4 N–H and O–H groups in total. The van der Waals surface area contributed by atoms with E-state index in [4.69, 9.17) is 5.14 Å². The van der Waals surface area contributed by atoms with Gasteiger partial charge in [0.25, 0.3) is 0 Å². The summed E-state index contributed by atoms with van der Waals surface area (Å²) in [5, 5.41) is 18.9. The highest BCUT2D eigenvalue weighted by atomic mass is 32.2. The molecule has 0 aromatic heterocycles. The Kier molecular flexibility index (Phi) is 4.91. The molecule has 118 valence electrons. The van der Waals surface area contributed by atoms with E-state index in [1.807, 2.05) is 0 Å². The molecule has 1 aliphatic rings. The number of rotatable bonds is 5. The van der Waals surface area contributed by atoms with E-state index in [9.17, 15) is 13.5 Å². The van der Waals surface area contributed by atoms with Gasteiger partial charge in [-0.3, -0.25) is 0 Å². The van der Waals surface area contributed by atoms with E-state index in [2.05, 4.69) is 12.2 Å². The van der Waals surface area contributed by atoms with Crippen molar-refractivity contribution in [1.29, 1.82) is 0 Å². The number of hydrogen-bond acceptors (Lipinski definition) is 4. The zero-order valence-corrected chi connectivity index (χ0v) is 13.2. The number of primary sulfonamides is 1. The molecule has 2 rings (SSSR count). The van der Waals surface area contributed by atoms with Crippen molar-refractivity contribution < 1.29 is 13.5 Å². The van der Waals surface area contributed by atoms with Gasteiger partial charge >= 0.3 is 0 Å². The average Bonchev–Trinajstić information content (AvgIpc) is 2.45. The first-order valence-electron chi connectivity index (χ1n) is 7.42. The maximum absolute atomic E-state index is 11.5. The molecule has 1 aromatic rings. The van der Waals surface area contributed by atoms with Crippen LogP contribution in [0.15, 0.2) is 29.2 Å². The van der Waals surface area contributed by atoms with Crippen molar-refractivity contribution in [2.24, 2.45) is 11.1 Å². The maximum atomic E-state index is 11.5. The minimum atomic E-state index is -3.76. The summed E-state index contributed by atoms with van der Waals surface area (Å²) >= 11 is 0. The molecule has 0 unspecified atom stereocenters. The smallest absolute Gasteiger partial charge is 0.240 e. The van der Waals surface area contributed by atoms with Crippen LogP contribution in [-0.4, -0.2) is 25.7 Å². The van der Waals surface area contributed by atoms with Crippen LogP contribution >= 0.6 is 0 Å². The van der Waals surface area contributed by atoms with Gasteiger partial charge in [0.2, 0.25) is 10.0 Å². The monoisotopic (exact) mass is 312 g/mol. The topological polar surface area (TPSA) is 92.4 Å². The predicted octanol–water partition coefficient (Wildman–Crippen LogP) is 2.08. The Morgan fingerprint density at radius 1 is 1.33 bits per heavy atom. The molecule has 0 atom stereocenters. The Balaban J connectivity index is 2.04. The Hall–Kier alpha value is -1.11. The van der Waals surface area contributed by atoms with Gasteiger partial charge in [-0.15, -0.1) is 0 Å². The van der Waals surface area contributed by atoms with E-state index < -0.39 is 15.6 Å². The van der Waals surface area contributed by atoms with E-state index in [1.54, 1.807) is 18.2 Å². The molecule has 1 fully saturated rings. The van der Waals surface area contributed by atoms with Crippen molar-refractivity contribution in [3.8, 4) is 0 Å². The van der Waals surface area contributed by atoms with Crippen LogP contribution in [0.2, 0.25) is 0 Å². The molecule has 5 nitrogen and oxygen atoms in total. The third-order valence-corrected chi connectivity index (χ3v) is 5.38. The van der Waals surface area contributed by atoms with Gasteiger partial charge in [-0.1, -0.05) is 25.5 Å². The molecule has 0 amide bonds. The molecule has 1 saturated carbocycles. The van der Waals surface area contributed by atoms with E-state index >= 15 is 0 Å². The number of aliphatic hydroxyl groups is 1. The van der Waals surface area contributed by atoms with E-state index in [0.29, 0.717) is 18.2 Å². The Morgan fingerprint density at radius 3 is 2.52 bits per heavy atom. The molecule has 1 aliphatic carbocycles. The van der Waals surface area contributed by atoms with Crippen molar-refractivity contribution in [2.45, 2.75) is 49.5 Å². The summed E-state index contributed by atoms with van der Waals surface area (Å²) in [5.74, 6) is 0.696. The normalized spacial score (nSPS) is 26.5. The third-order valence-electron chi connectivity index (χ3n) is 4.41. The van der Waals surface area contributed by atoms with Gasteiger partial charge in [-0.05, 0) is 43.7 Å². The van der Waals surface area contributed by atoms with Crippen molar-refractivity contribution in [2.75, 3.05) is 11.9 Å². The summed E-state index contributed by atoms with van der Waals surface area (Å²) in [6.45, 7) is 2.52. The fourth-order valence-corrected chi connectivity index (χ4v) is 3.64. The lowest BCUT2D eigenvalue weighted by atomic mass is 9.78. The van der Waals surface area contributed by atoms with Crippen LogP contribution in [0.4, 0.5) is 5.69 Å². The summed E-state index contributed by atoms with van der Waals surface area (Å²) in [5.41, 5.74) is -0.317. The van der Waals surface area contributed by atoms with Gasteiger partial charge in [0.1, 0.15) is 4.90 Å². The van der Waals surface area contributed by atoms with Crippen molar-refractivity contribution >= 4 is 15.7 Å². The number of anilines is 1. The predicted molar refractivity (Wildman–Crippen MR) is 83.5 cm³/mol. The Labute approximate surface area is 126 Å². The lowest BCUT2D eigenvalue weighted by Gasteiger charge is -2.36. The molecular weight excluding hydrogens is 288 g/mol. The van der Waals surface area contributed by atoms with Crippen molar-refractivity contribution in [1.82, 2.24) is 0 Å². The second-order valence-corrected chi connectivity index (χ2v) is 7.50. The van der Waals surface area contributed by atoms with Gasteiger partial charge in [0.15, 0.2) is 0 Å². The molecule has 21 heavy (non-hydrogen) atoms. The second kappa shape index (κ2) is 6.34. The molecule has 0 aliphatic heterocycles. The number of para-hydroxylation sites is 1. The summed E-state index contributed by atoms with van der Waals surface area (Å²) in [4.78, 5) is 0.0656. The van der Waals surface area contributed by atoms with Gasteiger partial charge in [-0.2, -0.15) is 0 Å². The molecule has 6 heteroatoms. The van der Waals surface area contributed by atoms with Crippen LogP contribution in [0.5, 0.6) is 0 Å². The zero-order valence-electron chi connectivity index (χ0n) is 12.4. The molecule has 0 heterocycles. The first-order valence-corrected chi connectivity index (χ1v) is 8.97. The summed E-state index contributed by atoms with van der Waals surface area (Å²) in [6.07, 6.45) is 4.68.